The SMILES string of the molecule is COc1cc(C(=O)NN2CCC(N3CC4(CCN(c5ccc(C6CCC(=O)NC6=O)cc5F)CC4)C3)CC2)ccc1Nc1ncc2c(n1)N(C1CCCC1)CC(F)(F)C(=O)N2C. The summed E-state index contributed by atoms with van der Waals surface area (Å²) in [6, 6.07) is 10.3. The van der Waals surface area contributed by atoms with Crippen LogP contribution in [0.1, 0.15) is 86.0 Å². The Kier molecular flexibility index (Phi) is 11.2. The van der Waals surface area contributed by atoms with Gasteiger partial charge in [-0.15, -0.1) is 0 Å². The molecular weight excluding hydrogens is 806 g/mol. The van der Waals surface area contributed by atoms with Gasteiger partial charge < -0.3 is 24.8 Å². The third-order valence-corrected chi connectivity index (χ3v) is 13.9. The number of amides is 4. The minimum atomic E-state index is -3.58. The number of likely N-dealkylation sites (tertiary alicyclic amines) is 1. The lowest BCUT2D eigenvalue weighted by molar-refractivity contribution is -0.140. The first kappa shape index (κ1) is 41.8. The van der Waals surface area contributed by atoms with Crippen LogP contribution in [0.2, 0.25) is 0 Å². The third-order valence-electron chi connectivity index (χ3n) is 13.9. The first-order valence-electron chi connectivity index (χ1n) is 21.7. The van der Waals surface area contributed by atoms with E-state index >= 15 is 13.2 Å². The molecule has 4 amide bonds. The largest absolute Gasteiger partial charge is 0.495 e. The topological polar surface area (TPSA) is 156 Å². The molecule has 2 aromatic carbocycles. The number of hydrazine groups is 1. The molecule has 6 aliphatic rings. The summed E-state index contributed by atoms with van der Waals surface area (Å²) in [6.45, 7) is 4.21. The van der Waals surface area contributed by atoms with E-state index in [1.807, 2.05) is 11.1 Å². The van der Waals surface area contributed by atoms with Crippen molar-refractivity contribution in [2.24, 2.45) is 5.41 Å². The number of hydrogen-bond donors (Lipinski definition) is 3. The second-order valence-electron chi connectivity index (χ2n) is 17.8. The predicted octanol–water partition coefficient (Wildman–Crippen LogP) is 4.96. The molecule has 1 aliphatic carbocycles. The number of carbonyl (C=O) groups excluding carboxylic acids is 4. The molecule has 5 fully saturated rings. The van der Waals surface area contributed by atoms with Crippen molar-refractivity contribution in [2.45, 2.75) is 88.1 Å². The summed E-state index contributed by atoms with van der Waals surface area (Å²) in [5, 5.41) is 7.43. The molecule has 18 heteroatoms. The normalized spacial score (nSPS) is 23.5. The molecule has 1 spiro atoms. The molecule has 15 nitrogen and oxygen atoms in total. The number of anilines is 5. The van der Waals surface area contributed by atoms with E-state index in [1.54, 1.807) is 29.2 Å². The van der Waals surface area contributed by atoms with Gasteiger partial charge in [-0.3, -0.25) is 34.8 Å². The van der Waals surface area contributed by atoms with Gasteiger partial charge in [0.1, 0.15) is 17.3 Å². The van der Waals surface area contributed by atoms with Gasteiger partial charge in [-0.1, -0.05) is 18.9 Å². The molecular formula is C44H53F3N10O5. The van der Waals surface area contributed by atoms with Crippen molar-refractivity contribution in [2.75, 3.05) is 80.0 Å². The number of rotatable bonds is 9. The van der Waals surface area contributed by atoms with Gasteiger partial charge in [-0.2, -0.15) is 13.8 Å². The molecule has 4 saturated heterocycles. The Morgan fingerprint density at radius 1 is 0.903 bits per heavy atom. The maximum Gasteiger partial charge on any atom is 0.342 e. The van der Waals surface area contributed by atoms with Crippen LogP contribution in [0.3, 0.4) is 0 Å². The number of piperidine rings is 3. The minimum absolute atomic E-state index is 0.140. The van der Waals surface area contributed by atoms with E-state index in [2.05, 4.69) is 35.8 Å². The maximum atomic E-state index is 15.3. The van der Waals surface area contributed by atoms with Gasteiger partial charge in [0.15, 0.2) is 5.82 Å². The first-order valence-corrected chi connectivity index (χ1v) is 21.7. The zero-order valence-corrected chi connectivity index (χ0v) is 35.1. The van der Waals surface area contributed by atoms with E-state index in [1.165, 1.54) is 26.4 Å². The summed E-state index contributed by atoms with van der Waals surface area (Å²) in [5.74, 6) is -5.87. The maximum absolute atomic E-state index is 15.3. The van der Waals surface area contributed by atoms with Crippen LogP contribution >= 0.6 is 0 Å². The van der Waals surface area contributed by atoms with Crippen molar-refractivity contribution in [1.29, 1.82) is 0 Å². The molecule has 3 aromatic rings. The molecule has 3 N–H and O–H groups in total. The van der Waals surface area contributed by atoms with E-state index < -0.39 is 24.3 Å². The van der Waals surface area contributed by atoms with E-state index in [4.69, 9.17) is 4.74 Å². The number of ether oxygens (including phenoxy) is 1. The number of halogens is 3. The highest BCUT2D eigenvalue weighted by atomic mass is 19.3. The number of carbonyl (C=O) groups is 4. The van der Waals surface area contributed by atoms with Gasteiger partial charge in [0.2, 0.25) is 17.8 Å². The van der Waals surface area contributed by atoms with E-state index in [-0.39, 0.29) is 58.9 Å². The summed E-state index contributed by atoms with van der Waals surface area (Å²) >= 11 is 0. The molecule has 0 radical (unpaired) electrons. The van der Waals surface area contributed by atoms with Crippen molar-refractivity contribution in [3.63, 3.8) is 0 Å². The lowest BCUT2D eigenvalue weighted by atomic mass is 9.71. The summed E-state index contributed by atoms with van der Waals surface area (Å²) < 4.78 is 51.1. The number of aromatic nitrogens is 2. The van der Waals surface area contributed by atoms with Gasteiger partial charge in [0.05, 0.1) is 37.1 Å². The van der Waals surface area contributed by atoms with E-state index in [9.17, 15) is 19.2 Å². The van der Waals surface area contributed by atoms with E-state index in [0.29, 0.717) is 53.8 Å². The van der Waals surface area contributed by atoms with Crippen LogP contribution in [-0.2, 0) is 14.4 Å². The van der Waals surface area contributed by atoms with Crippen LogP contribution in [0.5, 0.6) is 5.75 Å². The smallest absolute Gasteiger partial charge is 0.342 e. The summed E-state index contributed by atoms with van der Waals surface area (Å²) in [4.78, 5) is 66.1. The Bertz CT molecular complexity index is 2230. The van der Waals surface area contributed by atoms with Crippen LogP contribution in [0.15, 0.2) is 42.6 Å². The molecule has 6 heterocycles. The Balaban J connectivity index is 0.758. The second-order valence-corrected chi connectivity index (χ2v) is 17.8. The predicted molar refractivity (Wildman–Crippen MR) is 225 cm³/mol. The van der Waals surface area contributed by atoms with Crippen molar-refractivity contribution in [1.82, 2.24) is 30.6 Å². The summed E-state index contributed by atoms with van der Waals surface area (Å²) in [6.07, 6.45) is 9.11. The molecule has 5 aliphatic heterocycles. The van der Waals surface area contributed by atoms with Gasteiger partial charge in [-0.25, -0.2) is 14.4 Å². The lowest BCUT2D eigenvalue weighted by Crippen LogP contribution is -2.64. The number of methoxy groups -OCH3 is 1. The van der Waals surface area contributed by atoms with E-state index in [0.717, 1.165) is 82.4 Å². The van der Waals surface area contributed by atoms with Crippen LogP contribution in [0.25, 0.3) is 0 Å². The molecule has 1 saturated carbocycles. The first-order chi connectivity index (χ1) is 29.8. The zero-order chi connectivity index (χ0) is 43.3. The molecule has 62 heavy (non-hydrogen) atoms. The Morgan fingerprint density at radius 2 is 1.65 bits per heavy atom. The number of imide groups is 1. The van der Waals surface area contributed by atoms with Crippen LogP contribution in [0, 0.1) is 11.2 Å². The number of fused-ring (bicyclic) bond motifs is 1. The van der Waals surface area contributed by atoms with Gasteiger partial charge in [-0.05, 0) is 86.3 Å². The summed E-state index contributed by atoms with van der Waals surface area (Å²) in [7, 11) is 2.80. The number of hydrogen-bond acceptors (Lipinski definition) is 12. The van der Waals surface area contributed by atoms with Crippen molar-refractivity contribution in [3.8, 4) is 5.75 Å². The molecule has 9 rings (SSSR count). The highest BCUT2D eigenvalue weighted by Gasteiger charge is 2.50. The van der Waals surface area contributed by atoms with Crippen molar-refractivity contribution in [3.05, 3.63) is 59.5 Å². The van der Waals surface area contributed by atoms with Gasteiger partial charge in [0, 0.05) is 70.4 Å². The van der Waals surface area contributed by atoms with Gasteiger partial charge >= 0.3 is 5.92 Å². The Labute approximate surface area is 358 Å². The molecule has 1 aromatic heterocycles. The van der Waals surface area contributed by atoms with Gasteiger partial charge in [0.25, 0.3) is 11.8 Å². The monoisotopic (exact) mass is 858 g/mol. The quantitative estimate of drug-likeness (QED) is 0.249. The third kappa shape index (κ3) is 8.14. The number of benzene rings is 2. The molecule has 0 bridgehead atoms. The second kappa shape index (κ2) is 16.7. The Hall–Kier alpha value is -5.49. The van der Waals surface area contributed by atoms with Crippen LogP contribution in [-0.4, -0.2) is 121 Å². The minimum Gasteiger partial charge on any atom is -0.495 e. The number of nitrogens with one attached hydrogen (secondary N) is 3. The molecule has 1 unspecified atom stereocenters. The highest BCUT2D eigenvalue weighted by molar-refractivity contribution is 6.02. The fourth-order valence-corrected chi connectivity index (χ4v) is 10.3. The zero-order valence-electron chi connectivity index (χ0n) is 35.1. The van der Waals surface area contributed by atoms with Crippen molar-refractivity contribution >= 4 is 52.5 Å². The average molecular weight is 859 g/mol. The van der Waals surface area contributed by atoms with Crippen molar-refractivity contribution < 1.29 is 37.1 Å². The average Bonchev–Trinajstić information content (AvgIpc) is 3.78. The van der Waals surface area contributed by atoms with Crippen LogP contribution in [0.4, 0.5) is 42.0 Å². The lowest BCUT2D eigenvalue weighted by Gasteiger charge is -2.57. The Morgan fingerprint density at radius 3 is 2.34 bits per heavy atom. The summed E-state index contributed by atoms with van der Waals surface area (Å²) in [5.41, 5.74) is 5.52. The molecule has 330 valence electrons. The fourth-order valence-electron chi connectivity index (χ4n) is 10.3. The number of nitrogens with zero attached hydrogens (tertiary/aromatic N) is 7. The standard InChI is InChI=1S/C44H53F3N10O5/c1-53-35-23-48-42(51-38(35)57(30-5-3-4-6-30)26-44(46,47)41(53)61)49-33-10-7-28(22-36(33)62-2)39(59)52-56-17-13-29(14-18-56)55-24-43(25-55)15-19-54(20-16-43)34-11-8-27(21-32(34)45)31-9-12-37(58)50-40(31)60/h7-8,10-11,21-23,29-31H,3-6,9,12-20,24-26H2,1-2H3,(H,52,59)(H,48,49,51)(H,50,58,60). The molecule has 1 atom stereocenters. The number of alkyl halides is 2. The fraction of sp³-hybridized carbons (Fsp3) is 0.545. The van der Waals surface area contributed by atoms with Crippen LogP contribution < -0.4 is 35.5 Å². The highest BCUT2D eigenvalue weighted by Crippen LogP contribution is 2.44.